The molecule has 2 unspecified atom stereocenters. The number of nitrogens with zero attached hydrogens (tertiary/aromatic N) is 2. The topological polar surface area (TPSA) is 92.4 Å². The highest BCUT2D eigenvalue weighted by Crippen LogP contribution is 2.25. The lowest BCUT2D eigenvalue weighted by Crippen LogP contribution is -2.44. The van der Waals surface area contributed by atoms with E-state index in [1.54, 1.807) is 32.4 Å². The molecule has 5 rings (SSSR count). The maximum absolute atomic E-state index is 13.4. The van der Waals surface area contributed by atoms with Crippen molar-refractivity contribution >= 4 is 24.2 Å². The highest BCUT2D eigenvalue weighted by molar-refractivity contribution is 5.95. The molecule has 2 atom stereocenters. The van der Waals surface area contributed by atoms with Gasteiger partial charge in [-0.2, -0.15) is 0 Å². The minimum Gasteiger partial charge on any atom is -0.497 e. The molecule has 9 nitrogen and oxygen atoms in total. The SMILES string of the molecule is C/C(=C\c1ccccc1)CNCC1CCCN1C(=O)OC(C)(C)C.COc1cc(OC)cc(C(=O)N(C/C(C)=C/c2ccccc2)CC2CCCN2)c1. The Morgan fingerprint density at radius 3 is 2.02 bits per heavy atom. The molecule has 2 saturated heterocycles. The van der Waals surface area contributed by atoms with Crippen LogP contribution >= 0.6 is 0 Å². The van der Waals surface area contributed by atoms with Crippen molar-refractivity contribution in [3.8, 4) is 11.5 Å². The first-order valence-electron chi connectivity index (χ1n) is 18.8. The molecule has 2 heterocycles. The molecule has 2 N–H and O–H groups in total. The molecule has 3 aromatic rings. The first kappa shape index (κ1) is 41.2. The van der Waals surface area contributed by atoms with E-state index in [9.17, 15) is 9.59 Å². The molecule has 0 bridgehead atoms. The van der Waals surface area contributed by atoms with Crippen molar-refractivity contribution in [1.82, 2.24) is 20.4 Å². The molecule has 9 heteroatoms. The number of carbonyl (C=O) groups excluding carboxylic acids is 2. The predicted molar refractivity (Wildman–Crippen MR) is 215 cm³/mol. The second-order valence-corrected chi connectivity index (χ2v) is 15.0. The van der Waals surface area contributed by atoms with Crippen molar-refractivity contribution in [2.75, 3.05) is 53.5 Å². The fourth-order valence-corrected chi connectivity index (χ4v) is 6.62. The van der Waals surface area contributed by atoms with Gasteiger partial charge >= 0.3 is 6.09 Å². The molecule has 53 heavy (non-hydrogen) atoms. The van der Waals surface area contributed by atoms with Crippen LogP contribution in [0.4, 0.5) is 4.79 Å². The summed E-state index contributed by atoms with van der Waals surface area (Å²) in [6.45, 7) is 14.6. The Bertz CT molecular complexity index is 1620. The minimum absolute atomic E-state index is 0.0169. The quantitative estimate of drug-likeness (QED) is 0.184. The van der Waals surface area contributed by atoms with Crippen LogP contribution in [0.1, 0.15) is 81.8 Å². The zero-order valence-corrected chi connectivity index (χ0v) is 32.8. The summed E-state index contributed by atoms with van der Waals surface area (Å²) in [4.78, 5) is 29.5. The number of amides is 2. The Labute approximate surface area is 317 Å². The highest BCUT2D eigenvalue weighted by atomic mass is 16.6. The van der Waals surface area contributed by atoms with Crippen LogP contribution in [-0.4, -0.2) is 93.0 Å². The summed E-state index contributed by atoms with van der Waals surface area (Å²) in [5.41, 5.74) is 4.91. The van der Waals surface area contributed by atoms with E-state index in [-0.39, 0.29) is 18.0 Å². The van der Waals surface area contributed by atoms with Crippen molar-refractivity contribution in [1.29, 1.82) is 0 Å². The van der Waals surface area contributed by atoms with Crippen molar-refractivity contribution in [2.24, 2.45) is 0 Å². The Hall–Kier alpha value is -4.60. The van der Waals surface area contributed by atoms with Gasteiger partial charge in [0.05, 0.1) is 14.2 Å². The van der Waals surface area contributed by atoms with E-state index in [4.69, 9.17) is 14.2 Å². The molecule has 2 aliphatic rings. The first-order chi connectivity index (χ1) is 25.4. The normalized spacial score (nSPS) is 17.5. The molecule has 0 aromatic heterocycles. The van der Waals surface area contributed by atoms with Crippen LogP contribution in [0.5, 0.6) is 11.5 Å². The van der Waals surface area contributed by atoms with E-state index in [0.717, 1.165) is 63.0 Å². The number of ether oxygens (including phenoxy) is 3. The van der Waals surface area contributed by atoms with Gasteiger partial charge in [-0.15, -0.1) is 0 Å². The van der Waals surface area contributed by atoms with Gasteiger partial charge in [-0.1, -0.05) is 84.0 Å². The summed E-state index contributed by atoms with van der Waals surface area (Å²) in [6, 6.07) is 26.4. The molecular weight excluding hydrogens is 665 g/mol. The third-order valence-corrected chi connectivity index (χ3v) is 9.14. The number of methoxy groups -OCH3 is 2. The highest BCUT2D eigenvalue weighted by Gasteiger charge is 2.31. The molecule has 0 spiro atoms. The Kier molecular flexibility index (Phi) is 16.0. The Morgan fingerprint density at radius 2 is 1.47 bits per heavy atom. The van der Waals surface area contributed by atoms with Crippen molar-refractivity contribution in [3.63, 3.8) is 0 Å². The van der Waals surface area contributed by atoms with E-state index >= 15 is 0 Å². The van der Waals surface area contributed by atoms with Gasteiger partial charge in [0.2, 0.25) is 0 Å². The van der Waals surface area contributed by atoms with Gasteiger partial charge in [-0.3, -0.25) is 4.79 Å². The monoisotopic (exact) mass is 724 g/mol. The Balaban J connectivity index is 0.000000241. The van der Waals surface area contributed by atoms with Crippen LogP contribution in [0.3, 0.4) is 0 Å². The molecule has 2 aliphatic heterocycles. The number of carbonyl (C=O) groups is 2. The molecule has 286 valence electrons. The molecule has 0 aliphatic carbocycles. The van der Waals surface area contributed by atoms with Gasteiger partial charge in [0.1, 0.15) is 17.1 Å². The minimum atomic E-state index is -0.438. The average Bonchev–Trinajstić information content (AvgIpc) is 3.84. The number of nitrogens with one attached hydrogen (secondary N) is 2. The average molecular weight is 725 g/mol. The van der Waals surface area contributed by atoms with Crippen molar-refractivity contribution in [2.45, 2.75) is 78.0 Å². The summed E-state index contributed by atoms with van der Waals surface area (Å²) < 4.78 is 16.2. The van der Waals surface area contributed by atoms with Crippen LogP contribution in [0, 0.1) is 0 Å². The number of likely N-dealkylation sites (tertiary alicyclic amines) is 1. The maximum Gasteiger partial charge on any atom is 0.410 e. The number of rotatable bonds is 13. The second kappa shape index (κ2) is 20.6. The molecule has 0 saturated carbocycles. The lowest BCUT2D eigenvalue weighted by Gasteiger charge is -2.28. The predicted octanol–water partition coefficient (Wildman–Crippen LogP) is 8.08. The van der Waals surface area contributed by atoms with Gasteiger partial charge in [-0.05, 0) is 90.1 Å². The number of benzene rings is 3. The lowest BCUT2D eigenvalue weighted by molar-refractivity contribution is 0.0227. The van der Waals surface area contributed by atoms with Crippen molar-refractivity contribution < 1.29 is 23.8 Å². The van der Waals surface area contributed by atoms with E-state index < -0.39 is 5.60 Å². The standard InChI is InChI=1S/C24H30N2O3.C20H30N2O2/c1-18(12-19-8-5-4-6-9-19)16-26(17-21-10-7-11-25-21)24(27)20-13-22(28-2)15-23(14-20)29-3;1-16(13-17-9-6-5-7-10-17)14-21-15-18-11-8-12-22(18)19(23)24-20(2,3)4/h4-6,8-9,12-15,21,25H,7,10-11,16-17H2,1-3H3;5-7,9-10,13,18,21H,8,11-12,14-15H2,1-4H3/b18-12+;16-13+. The fraction of sp³-hybridized carbons (Fsp3) is 0.455. The summed E-state index contributed by atoms with van der Waals surface area (Å²) in [5, 5.41) is 6.98. The van der Waals surface area contributed by atoms with Crippen LogP contribution in [0.2, 0.25) is 0 Å². The van der Waals surface area contributed by atoms with Crippen LogP contribution < -0.4 is 20.1 Å². The second-order valence-electron chi connectivity index (χ2n) is 15.0. The summed E-state index contributed by atoms with van der Waals surface area (Å²) >= 11 is 0. The van der Waals surface area contributed by atoms with Gasteiger partial charge in [0.15, 0.2) is 0 Å². The van der Waals surface area contributed by atoms with Gasteiger partial charge < -0.3 is 34.6 Å². The zero-order chi connectivity index (χ0) is 38.2. The largest absolute Gasteiger partial charge is 0.497 e. The van der Waals surface area contributed by atoms with E-state index in [0.29, 0.717) is 36.2 Å². The summed E-state index contributed by atoms with van der Waals surface area (Å²) in [6.07, 6.45) is 8.45. The third-order valence-electron chi connectivity index (χ3n) is 9.14. The van der Waals surface area contributed by atoms with E-state index in [2.05, 4.69) is 60.9 Å². The van der Waals surface area contributed by atoms with E-state index in [1.165, 1.54) is 11.1 Å². The van der Waals surface area contributed by atoms with Gasteiger partial charge in [0.25, 0.3) is 5.91 Å². The van der Waals surface area contributed by atoms with Crippen LogP contribution in [0.15, 0.2) is 90.0 Å². The molecule has 2 amide bonds. The molecule has 0 radical (unpaired) electrons. The lowest BCUT2D eigenvalue weighted by atomic mass is 10.1. The smallest absolute Gasteiger partial charge is 0.410 e. The third kappa shape index (κ3) is 14.0. The van der Waals surface area contributed by atoms with Gasteiger partial charge in [0, 0.05) is 56.4 Å². The summed E-state index contributed by atoms with van der Waals surface area (Å²) in [7, 11) is 3.19. The summed E-state index contributed by atoms with van der Waals surface area (Å²) in [5.74, 6) is 1.21. The maximum atomic E-state index is 13.4. The first-order valence-corrected chi connectivity index (χ1v) is 18.8. The fourth-order valence-electron chi connectivity index (χ4n) is 6.62. The molecular formula is C44H60N4O5. The van der Waals surface area contributed by atoms with E-state index in [1.807, 2.05) is 67.0 Å². The molecule has 3 aromatic carbocycles. The molecule has 2 fully saturated rings. The number of hydrogen-bond acceptors (Lipinski definition) is 7. The zero-order valence-electron chi connectivity index (χ0n) is 32.8. The van der Waals surface area contributed by atoms with Crippen LogP contribution in [-0.2, 0) is 4.74 Å². The van der Waals surface area contributed by atoms with Crippen molar-refractivity contribution in [3.05, 3.63) is 107 Å². The van der Waals surface area contributed by atoms with Gasteiger partial charge in [-0.25, -0.2) is 4.79 Å². The van der Waals surface area contributed by atoms with Crippen LogP contribution in [0.25, 0.3) is 12.2 Å². The number of hydrogen-bond donors (Lipinski definition) is 2. The Morgan fingerprint density at radius 1 is 0.868 bits per heavy atom.